The summed E-state index contributed by atoms with van der Waals surface area (Å²) in [6, 6.07) is 11.8. The van der Waals surface area contributed by atoms with Crippen molar-refractivity contribution in [3.05, 3.63) is 53.2 Å². The summed E-state index contributed by atoms with van der Waals surface area (Å²) >= 11 is 0. The van der Waals surface area contributed by atoms with Gasteiger partial charge in [-0.05, 0) is 43.2 Å². The second kappa shape index (κ2) is 5.70. The molecule has 0 aliphatic carbocycles. The van der Waals surface area contributed by atoms with Crippen molar-refractivity contribution < 1.29 is 5.11 Å². The summed E-state index contributed by atoms with van der Waals surface area (Å²) in [4.78, 5) is 2.29. The Morgan fingerprint density at radius 2 is 1.87 bits per heavy atom. The SMILES string of the molecule is Cc1cc(O)ccc1N1CCc2nnc3c(C)cccc3c21.Cl. The van der Waals surface area contributed by atoms with Crippen LogP contribution in [0, 0.1) is 13.8 Å². The van der Waals surface area contributed by atoms with Crippen LogP contribution in [0.1, 0.15) is 16.8 Å². The molecule has 0 unspecified atom stereocenters. The molecule has 23 heavy (non-hydrogen) atoms. The Labute approximate surface area is 141 Å². The van der Waals surface area contributed by atoms with Crippen LogP contribution in [0.5, 0.6) is 5.75 Å². The number of fused-ring (bicyclic) bond motifs is 3. The number of aromatic nitrogens is 2. The van der Waals surface area contributed by atoms with Crippen LogP contribution in [0.25, 0.3) is 10.9 Å². The molecular formula is C18H18ClN3O. The van der Waals surface area contributed by atoms with Crippen LogP contribution in [-0.2, 0) is 6.42 Å². The van der Waals surface area contributed by atoms with E-state index in [0.29, 0.717) is 5.75 Å². The summed E-state index contributed by atoms with van der Waals surface area (Å²) < 4.78 is 0. The maximum absolute atomic E-state index is 9.64. The summed E-state index contributed by atoms with van der Waals surface area (Å²) in [5, 5.41) is 19.6. The van der Waals surface area contributed by atoms with E-state index in [9.17, 15) is 5.11 Å². The molecule has 1 aliphatic heterocycles. The number of hydrogen-bond acceptors (Lipinski definition) is 4. The summed E-state index contributed by atoms with van der Waals surface area (Å²) in [5.41, 5.74) is 6.48. The molecule has 1 aromatic heterocycles. The molecule has 2 aromatic carbocycles. The number of halogens is 1. The number of aryl methyl sites for hydroxylation is 2. The number of phenolic OH excluding ortho intramolecular Hbond substituents is 1. The van der Waals surface area contributed by atoms with Gasteiger partial charge in [0, 0.05) is 24.0 Å². The van der Waals surface area contributed by atoms with Crippen molar-refractivity contribution >= 4 is 34.7 Å². The molecular weight excluding hydrogens is 310 g/mol. The average molecular weight is 328 g/mol. The number of nitrogens with zero attached hydrogens (tertiary/aromatic N) is 3. The van der Waals surface area contributed by atoms with Crippen LogP contribution in [0.2, 0.25) is 0 Å². The van der Waals surface area contributed by atoms with Crippen LogP contribution in [0.4, 0.5) is 11.4 Å². The molecule has 0 spiro atoms. The third-order valence-corrected chi connectivity index (χ3v) is 4.35. The monoisotopic (exact) mass is 327 g/mol. The maximum Gasteiger partial charge on any atom is 0.115 e. The van der Waals surface area contributed by atoms with Crippen LogP contribution < -0.4 is 4.90 Å². The molecule has 0 saturated heterocycles. The number of anilines is 2. The molecule has 0 bridgehead atoms. The number of benzene rings is 2. The Hall–Kier alpha value is -2.33. The molecule has 4 nitrogen and oxygen atoms in total. The number of rotatable bonds is 1. The van der Waals surface area contributed by atoms with E-state index < -0.39 is 0 Å². The van der Waals surface area contributed by atoms with Crippen molar-refractivity contribution in [1.29, 1.82) is 0 Å². The molecule has 0 radical (unpaired) electrons. The van der Waals surface area contributed by atoms with Crippen molar-refractivity contribution in [2.75, 3.05) is 11.4 Å². The standard InChI is InChI=1S/C18H17N3O.ClH/c1-11-4-3-5-14-17(11)20-19-15-8-9-21(18(14)15)16-7-6-13(22)10-12(16)2;/h3-7,10,22H,8-9H2,1-2H3;1H. The molecule has 1 N–H and O–H groups in total. The molecule has 4 rings (SSSR count). The predicted molar refractivity (Wildman–Crippen MR) is 95.1 cm³/mol. The van der Waals surface area contributed by atoms with Crippen LogP contribution in [0.15, 0.2) is 36.4 Å². The Morgan fingerprint density at radius 3 is 2.65 bits per heavy atom. The minimum Gasteiger partial charge on any atom is -0.508 e. The first-order valence-electron chi connectivity index (χ1n) is 7.47. The van der Waals surface area contributed by atoms with E-state index in [1.165, 1.54) is 0 Å². The molecule has 1 aliphatic rings. The first-order chi connectivity index (χ1) is 10.6. The van der Waals surface area contributed by atoms with E-state index >= 15 is 0 Å². The van der Waals surface area contributed by atoms with Crippen LogP contribution in [-0.4, -0.2) is 21.8 Å². The van der Waals surface area contributed by atoms with E-state index in [0.717, 1.165) is 52.1 Å². The van der Waals surface area contributed by atoms with E-state index in [-0.39, 0.29) is 12.4 Å². The van der Waals surface area contributed by atoms with Crippen molar-refractivity contribution in [3.8, 4) is 5.75 Å². The molecule has 0 atom stereocenters. The maximum atomic E-state index is 9.64. The van der Waals surface area contributed by atoms with Crippen molar-refractivity contribution in [2.45, 2.75) is 20.3 Å². The van der Waals surface area contributed by atoms with E-state index in [1.807, 2.05) is 13.0 Å². The predicted octanol–water partition coefficient (Wildman–Crippen LogP) is 4.07. The lowest BCUT2D eigenvalue weighted by Gasteiger charge is -2.23. The summed E-state index contributed by atoms with van der Waals surface area (Å²) in [7, 11) is 0. The molecule has 0 fully saturated rings. The van der Waals surface area contributed by atoms with Gasteiger partial charge < -0.3 is 10.0 Å². The zero-order valence-electron chi connectivity index (χ0n) is 13.1. The molecule has 0 saturated carbocycles. The Bertz CT molecular complexity index is 895. The molecule has 3 aromatic rings. The lowest BCUT2D eigenvalue weighted by Crippen LogP contribution is -2.14. The van der Waals surface area contributed by atoms with Gasteiger partial charge >= 0.3 is 0 Å². The summed E-state index contributed by atoms with van der Waals surface area (Å²) in [6.07, 6.45) is 0.895. The Balaban J connectivity index is 0.00000156. The van der Waals surface area contributed by atoms with Crippen molar-refractivity contribution in [1.82, 2.24) is 10.2 Å². The minimum atomic E-state index is 0. The number of hydrogen-bond donors (Lipinski definition) is 1. The summed E-state index contributed by atoms with van der Waals surface area (Å²) in [6.45, 7) is 4.98. The minimum absolute atomic E-state index is 0. The van der Waals surface area contributed by atoms with E-state index in [2.05, 4.69) is 40.2 Å². The van der Waals surface area contributed by atoms with Gasteiger partial charge in [0.1, 0.15) is 5.75 Å². The van der Waals surface area contributed by atoms with Crippen molar-refractivity contribution in [2.24, 2.45) is 0 Å². The van der Waals surface area contributed by atoms with Gasteiger partial charge in [0.25, 0.3) is 0 Å². The smallest absolute Gasteiger partial charge is 0.115 e. The second-order valence-corrected chi connectivity index (χ2v) is 5.84. The Morgan fingerprint density at radius 1 is 1.04 bits per heavy atom. The zero-order valence-corrected chi connectivity index (χ0v) is 13.9. The fourth-order valence-corrected chi connectivity index (χ4v) is 3.28. The number of aromatic hydroxyl groups is 1. The normalized spacial score (nSPS) is 13.0. The van der Waals surface area contributed by atoms with Gasteiger partial charge in [-0.2, -0.15) is 5.10 Å². The lowest BCUT2D eigenvalue weighted by molar-refractivity contribution is 0.475. The van der Waals surface area contributed by atoms with Gasteiger partial charge in [-0.3, -0.25) is 0 Å². The third-order valence-electron chi connectivity index (χ3n) is 4.35. The molecule has 0 amide bonds. The van der Waals surface area contributed by atoms with Crippen LogP contribution in [0.3, 0.4) is 0 Å². The largest absolute Gasteiger partial charge is 0.508 e. The topological polar surface area (TPSA) is 49.2 Å². The summed E-state index contributed by atoms with van der Waals surface area (Å²) in [5.74, 6) is 0.300. The first-order valence-corrected chi connectivity index (χ1v) is 7.47. The quantitative estimate of drug-likeness (QED) is 0.732. The van der Waals surface area contributed by atoms with E-state index in [4.69, 9.17) is 0 Å². The second-order valence-electron chi connectivity index (χ2n) is 5.84. The average Bonchev–Trinajstić information content (AvgIpc) is 2.92. The molecule has 118 valence electrons. The highest BCUT2D eigenvalue weighted by atomic mass is 35.5. The fourth-order valence-electron chi connectivity index (χ4n) is 3.28. The molecule has 2 heterocycles. The van der Waals surface area contributed by atoms with Gasteiger partial charge in [-0.1, -0.05) is 18.2 Å². The van der Waals surface area contributed by atoms with Crippen LogP contribution >= 0.6 is 12.4 Å². The van der Waals surface area contributed by atoms with E-state index in [1.54, 1.807) is 12.1 Å². The fraction of sp³-hybridized carbons (Fsp3) is 0.222. The highest BCUT2D eigenvalue weighted by molar-refractivity contribution is 5.97. The van der Waals surface area contributed by atoms with Gasteiger partial charge in [0.15, 0.2) is 0 Å². The van der Waals surface area contributed by atoms with Gasteiger partial charge in [-0.25, -0.2) is 0 Å². The Kier molecular flexibility index (Phi) is 3.86. The van der Waals surface area contributed by atoms with Gasteiger partial charge in [-0.15, -0.1) is 17.5 Å². The third kappa shape index (κ3) is 2.39. The van der Waals surface area contributed by atoms with Gasteiger partial charge in [0.05, 0.1) is 16.9 Å². The van der Waals surface area contributed by atoms with Gasteiger partial charge in [0.2, 0.25) is 0 Å². The lowest BCUT2D eigenvalue weighted by atomic mass is 10.1. The highest BCUT2D eigenvalue weighted by Crippen LogP contribution is 2.40. The van der Waals surface area contributed by atoms with Crippen molar-refractivity contribution in [3.63, 3.8) is 0 Å². The molecule has 5 heteroatoms. The first kappa shape index (κ1) is 15.6. The highest BCUT2D eigenvalue weighted by Gasteiger charge is 2.26. The number of phenols is 1. The zero-order chi connectivity index (χ0) is 15.3.